The minimum absolute atomic E-state index is 0.444. The van der Waals surface area contributed by atoms with Crippen LogP contribution in [0.1, 0.15) is 25.0 Å². The van der Waals surface area contributed by atoms with E-state index in [2.05, 4.69) is 28.1 Å². The molecule has 2 rings (SSSR count). The van der Waals surface area contributed by atoms with Crippen molar-refractivity contribution in [2.45, 2.75) is 25.7 Å². The molecule has 0 aromatic heterocycles. The molecule has 1 heterocycles. The average Bonchev–Trinajstić information content (AvgIpc) is 2.66. The Morgan fingerprint density at radius 2 is 2.20 bits per heavy atom. The third kappa shape index (κ3) is 1.74. The van der Waals surface area contributed by atoms with E-state index in [9.17, 15) is 0 Å². The molecule has 1 aliphatic heterocycles. The summed E-state index contributed by atoms with van der Waals surface area (Å²) in [5.41, 5.74) is 1.80. The first-order chi connectivity index (χ1) is 7.04. The van der Waals surface area contributed by atoms with Gasteiger partial charge in [0.25, 0.3) is 0 Å². The van der Waals surface area contributed by atoms with Crippen LogP contribution in [0.3, 0.4) is 0 Å². The highest BCUT2D eigenvalue weighted by molar-refractivity contribution is 9.10. The van der Waals surface area contributed by atoms with Crippen molar-refractivity contribution in [2.75, 3.05) is 6.61 Å². The van der Waals surface area contributed by atoms with E-state index >= 15 is 0 Å². The van der Waals surface area contributed by atoms with E-state index in [-0.39, 0.29) is 0 Å². The third-order valence-corrected chi connectivity index (χ3v) is 3.33. The van der Waals surface area contributed by atoms with Crippen LogP contribution in [0.15, 0.2) is 16.6 Å². The maximum Gasteiger partial charge on any atom is 0.136 e. The Hall–Kier alpha value is -1.01. The highest BCUT2D eigenvalue weighted by atomic mass is 79.9. The monoisotopic (exact) mass is 265 g/mol. The second-order valence-electron chi connectivity index (χ2n) is 4.28. The van der Waals surface area contributed by atoms with Crippen LogP contribution in [0.25, 0.3) is 0 Å². The Kier molecular flexibility index (Phi) is 2.47. The molecule has 0 fully saturated rings. The zero-order valence-electron chi connectivity index (χ0n) is 8.80. The molecule has 0 unspecified atom stereocenters. The fraction of sp³-hybridized carbons (Fsp3) is 0.417. The van der Waals surface area contributed by atoms with Crippen molar-refractivity contribution in [3.05, 3.63) is 27.7 Å². The van der Waals surface area contributed by atoms with Gasteiger partial charge in [0.2, 0.25) is 0 Å². The molecular weight excluding hydrogens is 254 g/mol. The smallest absolute Gasteiger partial charge is 0.136 e. The van der Waals surface area contributed by atoms with Gasteiger partial charge in [0, 0.05) is 6.42 Å². The first kappa shape index (κ1) is 10.5. The summed E-state index contributed by atoms with van der Waals surface area (Å²) in [6, 6.07) is 6.37. The Balaban J connectivity index is 2.54. The number of hydrogen-bond acceptors (Lipinski definition) is 2. The number of nitrogens with zero attached hydrogens (tertiary/aromatic N) is 1. The average molecular weight is 266 g/mol. The number of fused-ring (bicyclic) bond motifs is 1. The van der Waals surface area contributed by atoms with Gasteiger partial charge in [0.05, 0.1) is 22.6 Å². The van der Waals surface area contributed by atoms with E-state index in [0.29, 0.717) is 0 Å². The second-order valence-corrected chi connectivity index (χ2v) is 5.14. The lowest BCUT2D eigenvalue weighted by atomic mass is 9.85. The summed E-state index contributed by atoms with van der Waals surface area (Å²) >= 11 is 3.49. The predicted octanol–water partition coefficient (Wildman–Crippen LogP) is 3.19. The number of benzene rings is 1. The van der Waals surface area contributed by atoms with E-state index in [1.54, 1.807) is 0 Å². The van der Waals surface area contributed by atoms with E-state index < -0.39 is 5.41 Å². The molecule has 1 aromatic carbocycles. The number of nitriles is 1. The summed E-state index contributed by atoms with van der Waals surface area (Å²) in [4.78, 5) is 0. The molecule has 0 saturated carbocycles. The Morgan fingerprint density at radius 3 is 2.87 bits per heavy atom. The van der Waals surface area contributed by atoms with Gasteiger partial charge >= 0.3 is 0 Å². The van der Waals surface area contributed by atoms with Crippen molar-refractivity contribution < 1.29 is 4.74 Å². The normalized spacial score (nSPS) is 14.3. The molecule has 15 heavy (non-hydrogen) atoms. The standard InChI is InChI=1S/C12H12BrNO/c1-12(2,7-14)9-5-8-3-4-15-11(8)10(13)6-9/h5-6H,3-4H2,1-2H3. The van der Waals surface area contributed by atoms with Crippen LogP contribution in [0.2, 0.25) is 0 Å². The van der Waals surface area contributed by atoms with Crippen LogP contribution in [-0.2, 0) is 11.8 Å². The molecule has 3 heteroatoms. The molecule has 0 bridgehead atoms. The lowest BCUT2D eigenvalue weighted by Crippen LogP contribution is -2.14. The maximum atomic E-state index is 9.09. The predicted molar refractivity (Wildman–Crippen MR) is 62.0 cm³/mol. The van der Waals surface area contributed by atoms with Crippen LogP contribution in [-0.4, -0.2) is 6.61 Å². The molecule has 0 aliphatic carbocycles. The van der Waals surface area contributed by atoms with Crippen LogP contribution in [0, 0.1) is 11.3 Å². The summed E-state index contributed by atoms with van der Waals surface area (Å²) < 4.78 is 6.46. The van der Waals surface area contributed by atoms with Crippen LogP contribution < -0.4 is 4.74 Å². The largest absolute Gasteiger partial charge is 0.492 e. The molecule has 0 radical (unpaired) electrons. The summed E-state index contributed by atoms with van der Waals surface area (Å²) in [5.74, 6) is 0.937. The molecular formula is C12H12BrNO. The SMILES string of the molecule is CC(C)(C#N)c1cc(Br)c2c(c1)CCO2. The zero-order chi connectivity index (χ0) is 11.1. The zero-order valence-corrected chi connectivity index (χ0v) is 10.4. The van der Waals surface area contributed by atoms with Gasteiger partial charge in [-0.3, -0.25) is 0 Å². The van der Waals surface area contributed by atoms with E-state index in [1.807, 2.05) is 19.9 Å². The minimum Gasteiger partial charge on any atom is -0.492 e. The Morgan fingerprint density at radius 1 is 1.47 bits per heavy atom. The van der Waals surface area contributed by atoms with Crippen molar-refractivity contribution in [3.63, 3.8) is 0 Å². The fourth-order valence-electron chi connectivity index (χ4n) is 1.69. The molecule has 1 aromatic rings. The highest BCUT2D eigenvalue weighted by Gasteiger charge is 2.24. The molecule has 78 valence electrons. The fourth-order valence-corrected chi connectivity index (χ4v) is 2.30. The Bertz CT molecular complexity index is 446. The Labute approximate surface area is 98.0 Å². The van der Waals surface area contributed by atoms with Gasteiger partial charge in [-0.05, 0) is 47.0 Å². The summed E-state index contributed by atoms with van der Waals surface area (Å²) in [7, 11) is 0. The second kappa shape index (κ2) is 3.53. The third-order valence-electron chi connectivity index (χ3n) is 2.74. The molecule has 2 nitrogen and oxygen atoms in total. The van der Waals surface area contributed by atoms with Gasteiger partial charge in [-0.2, -0.15) is 5.26 Å². The number of halogens is 1. The van der Waals surface area contributed by atoms with Crippen LogP contribution >= 0.6 is 15.9 Å². The molecule has 0 amide bonds. The van der Waals surface area contributed by atoms with Gasteiger partial charge < -0.3 is 4.74 Å². The summed E-state index contributed by atoms with van der Waals surface area (Å²) in [5, 5.41) is 9.09. The quantitative estimate of drug-likeness (QED) is 0.782. The van der Waals surface area contributed by atoms with Gasteiger partial charge in [0.1, 0.15) is 5.75 Å². The number of rotatable bonds is 1. The van der Waals surface area contributed by atoms with Crippen molar-refractivity contribution in [1.29, 1.82) is 5.26 Å². The van der Waals surface area contributed by atoms with Gasteiger partial charge in [-0.15, -0.1) is 0 Å². The van der Waals surface area contributed by atoms with Crippen molar-refractivity contribution >= 4 is 15.9 Å². The van der Waals surface area contributed by atoms with Gasteiger partial charge in [-0.1, -0.05) is 6.07 Å². The topological polar surface area (TPSA) is 33.0 Å². The molecule has 0 N–H and O–H groups in total. The maximum absolute atomic E-state index is 9.09. The van der Waals surface area contributed by atoms with Gasteiger partial charge in [0.15, 0.2) is 0 Å². The minimum atomic E-state index is -0.444. The summed E-state index contributed by atoms with van der Waals surface area (Å²) in [6.45, 7) is 4.60. The molecule has 1 aliphatic rings. The lowest BCUT2D eigenvalue weighted by molar-refractivity contribution is 0.355. The van der Waals surface area contributed by atoms with Crippen molar-refractivity contribution in [3.8, 4) is 11.8 Å². The van der Waals surface area contributed by atoms with Crippen LogP contribution in [0.4, 0.5) is 0 Å². The molecule has 0 spiro atoms. The molecule has 0 saturated heterocycles. The first-order valence-electron chi connectivity index (χ1n) is 4.91. The molecule has 0 atom stereocenters. The van der Waals surface area contributed by atoms with E-state index in [4.69, 9.17) is 10.00 Å². The van der Waals surface area contributed by atoms with E-state index in [1.165, 1.54) is 5.56 Å². The number of ether oxygens (including phenoxy) is 1. The number of hydrogen-bond donors (Lipinski definition) is 0. The van der Waals surface area contributed by atoms with Crippen molar-refractivity contribution in [2.24, 2.45) is 0 Å². The van der Waals surface area contributed by atoms with Crippen LogP contribution in [0.5, 0.6) is 5.75 Å². The highest BCUT2D eigenvalue weighted by Crippen LogP contribution is 2.37. The van der Waals surface area contributed by atoms with Crippen molar-refractivity contribution in [1.82, 2.24) is 0 Å². The van der Waals surface area contributed by atoms with E-state index in [0.717, 1.165) is 28.8 Å². The lowest BCUT2D eigenvalue weighted by Gasteiger charge is -2.17. The van der Waals surface area contributed by atoms with Gasteiger partial charge in [-0.25, -0.2) is 0 Å². The summed E-state index contributed by atoms with van der Waals surface area (Å²) in [6.07, 6.45) is 0.934. The first-order valence-corrected chi connectivity index (χ1v) is 5.71.